The molecule has 0 spiro atoms. The molecule has 1 aromatic carbocycles. The van der Waals surface area contributed by atoms with E-state index in [0.29, 0.717) is 16.3 Å². The highest BCUT2D eigenvalue weighted by Gasteiger charge is 2.24. The van der Waals surface area contributed by atoms with Crippen molar-refractivity contribution in [3.8, 4) is 5.75 Å². The van der Waals surface area contributed by atoms with Gasteiger partial charge in [-0.1, -0.05) is 11.6 Å². The number of halogens is 2. The third-order valence-electron chi connectivity index (χ3n) is 3.05. The molecule has 0 saturated carbocycles. The van der Waals surface area contributed by atoms with E-state index in [0.717, 1.165) is 25.9 Å². The molecule has 0 amide bonds. The van der Waals surface area contributed by atoms with Crippen LogP contribution in [0.5, 0.6) is 5.75 Å². The Morgan fingerprint density at radius 2 is 2.06 bits per heavy atom. The molecule has 1 aromatic rings. The Hall–Kier alpha value is -0.800. The second kappa shape index (κ2) is 5.02. The Labute approximate surface area is 99.7 Å². The molecule has 4 heteroatoms. The van der Waals surface area contributed by atoms with Gasteiger partial charge in [0.05, 0.1) is 12.1 Å². The number of benzene rings is 1. The lowest BCUT2D eigenvalue weighted by Gasteiger charge is -2.25. The van der Waals surface area contributed by atoms with E-state index < -0.39 is 0 Å². The van der Waals surface area contributed by atoms with Crippen LogP contribution in [0.3, 0.4) is 0 Å². The smallest absolute Gasteiger partial charge is 0.143 e. The number of piperidine rings is 1. The van der Waals surface area contributed by atoms with E-state index >= 15 is 0 Å². The van der Waals surface area contributed by atoms with Crippen molar-refractivity contribution in [1.29, 1.82) is 0 Å². The molecule has 1 aliphatic rings. The Bertz CT molecular complexity index is 378. The van der Waals surface area contributed by atoms with Gasteiger partial charge in [-0.15, -0.1) is 0 Å². The number of hydrogen-bond donors (Lipinski definition) is 1. The van der Waals surface area contributed by atoms with Crippen molar-refractivity contribution < 1.29 is 9.13 Å². The van der Waals surface area contributed by atoms with Gasteiger partial charge in [0.15, 0.2) is 0 Å². The van der Waals surface area contributed by atoms with Gasteiger partial charge in [-0.3, -0.25) is 0 Å². The minimum Gasteiger partial charge on any atom is -0.495 e. The first-order valence-electron chi connectivity index (χ1n) is 5.46. The summed E-state index contributed by atoms with van der Waals surface area (Å²) < 4.78 is 19.1. The molecule has 0 atom stereocenters. The maximum atomic E-state index is 13.8. The zero-order valence-electron chi connectivity index (χ0n) is 9.22. The highest BCUT2D eigenvalue weighted by Crippen LogP contribution is 2.38. The number of ether oxygens (including phenoxy) is 1. The lowest BCUT2D eigenvalue weighted by Crippen LogP contribution is -2.27. The molecule has 1 aliphatic heterocycles. The van der Waals surface area contributed by atoms with Gasteiger partial charge in [0.2, 0.25) is 0 Å². The maximum Gasteiger partial charge on any atom is 0.143 e. The van der Waals surface area contributed by atoms with E-state index in [4.69, 9.17) is 16.3 Å². The summed E-state index contributed by atoms with van der Waals surface area (Å²) in [4.78, 5) is 0. The Morgan fingerprint density at radius 3 is 2.69 bits per heavy atom. The monoisotopic (exact) mass is 243 g/mol. The van der Waals surface area contributed by atoms with Crippen LogP contribution in [-0.2, 0) is 0 Å². The zero-order chi connectivity index (χ0) is 11.5. The first kappa shape index (κ1) is 11.7. The molecule has 0 unspecified atom stereocenters. The van der Waals surface area contributed by atoms with Gasteiger partial charge in [0.1, 0.15) is 11.6 Å². The Kier molecular flexibility index (Phi) is 3.66. The van der Waals surface area contributed by atoms with Crippen LogP contribution >= 0.6 is 11.6 Å². The summed E-state index contributed by atoms with van der Waals surface area (Å²) in [5, 5.41) is 3.74. The zero-order valence-corrected chi connectivity index (χ0v) is 9.98. The van der Waals surface area contributed by atoms with Crippen LogP contribution in [0.1, 0.15) is 24.3 Å². The van der Waals surface area contributed by atoms with Crippen LogP contribution in [0.2, 0.25) is 5.02 Å². The number of nitrogens with one attached hydrogen (secondary N) is 1. The summed E-state index contributed by atoms with van der Waals surface area (Å²) in [5.41, 5.74) is 0.636. The standard InChI is InChI=1S/C12H15ClFNO/c1-16-12-9(13)2-3-10(14)11(12)8-4-6-15-7-5-8/h2-3,8,15H,4-7H2,1H3. The molecule has 2 nitrogen and oxygen atoms in total. The van der Waals surface area contributed by atoms with E-state index in [-0.39, 0.29) is 11.7 Å². The third kappa shape index (κ3) is 2.15. The van der Waals surface area contributed by atoms with E-state index in [1.54, 1.807) is 6.07 Å². The van der Waals surface area contributed by atoms with Crippen LogP contribution in [-0.4, -0.2) is 20.2 Å². The fraction of sp³-hybridized carbons (Fsp3) is 0.500. The molecule has 16 heavy (non-hydrogen) atoms. The molecule has 1 heterocycles. The Morgan fingerprint density at radius 1 is 1.38 bits per heavy atom. The first-order chi connectivity index (χ1) is 7.74. The largest absolute Gasteiger partial charge is 0.495 e. The minimum absolute atomic E-state index is 0.204. The molecule has 0 radical (unpaired) electrons. The first-order valence-corrected chi connectivity index (χ1v) is 5.84. The highest BCUT2D eigenvalue weighted by atomic mass is 35.5. The molecule has 1 fully saturated rings. The van der Waals surface area contributed by atoms with Crippen LogP contribution < -0.4 is 10.1 Å². The summed E-state index contributed by atoms with van der Waals surface area (Å²) in [7, 11) is 1.53. The van der Waals surface area contributed by atoms with E-state index in [1.807, 2.05) is 0 Å². The molecule has 0 aromatic heterocycles. The van der Waals surface area contributed by atoms with Crippen molar-refractivity contribution in [1.82, 2.24) is 5.32 Å². The number of methoxy groups -OCH3 is 1. The molecular weight excluding hydrogens is 229 g/mol. The van der Waals surface area contributed by atoms with Crippen molar-refractivity contribution in [2.45, 2.75) is 18.8 Å². The Balaban J connectivity index is 2.40. The summed E-state index contributed by atoms with van der Waals surface area (Å²) in [5.74, 6) is 0.483. The number of hydrogen-bond acceptors (Lipinski definition) is 2. The average Bonchev–Trinajstić information content (AvgIpc) is 2.33. The fourth-order valence-corrected chi connectivity index (χ4v) is 2.49. The predicted molar refractivity (Wildman–Crippen MR) is 62.8 cm³/mol. The van der Waals surface area contributed by atoms with Gasteiger partial charge >= 0.3 is 0 Å². The van der Waals surface area contributed by atoms with Gasteiger partial charge in [-0.05, 0) is 44.0 Å². The molecular formula is C12H15ClFNO. The molecule has 0 bridgehead atoms. The second-order valence-electron chi connectivity index (χ2n) is 4.00. The van der Waals surface area contributed by atoms with Gasteiger partial charge < -0.3 is 10.1 Å². The van der Waals surface area contributed by atoms with Crippen LogP contribution in [0.15, 0.2) is 12.1 Å². The fourth-order valence-electron chi connectivity index (χ4n) is 2.25. The molecule has 1 saturated heterocycles. The lowest BCUT2D eigenvalue weighted by atomic mass is 9.89. The molecule has 0 aliphatic carbocycles. The van der Waals surface area contributed by atoms with Crippen LogP contribution in [0, 0.1) is 5.82 Å². The van der Waals surface area contributed by atoms with Crippen LogP contribution in [0.4, 0.5) is 4.39 Å². The van der Waals surface area contributed by atoms with Crippen molar-refractivity contribution in [2.75, 3.05) is 20.2 Å². The normalized spacial score (nSPS) is 17.4. The van der Waals surface area contributed by atoms with E-state index in [1.165, 1.54) is 13.2 Å². The number of rotatable bonds is 2. The van der Waals surface area contributed by atoms with Crippen molar-refractivity contribution in [3.05, 3.63) is 28.5 Å². The van der Waals surface area contributed by atoms with Crippen molar-refractivity contribution >= 4 is 11.6 Å². The molecule has 1 N–H and O–H groups in total. The average molecular weight is 244 g/mol. The second-order valence-corrected chi connectivity index (χ2v) is 4.41. The third-order valence-corrected chi connectivity index (χ3v) is 3.34. The predicted octanol–water partition coefficient (Wildman–Crippen LogP) is 2.95. The van der Waals surface area contributed by atoms with E-state index in [2.05, 4.69) is 5.32 Å². The lowest BCUT2D eigenvalue weighted by molar-refractivity contribution is 0.382. The summed E-state index contributed by atoms with van der Waals surface area (Å²) in [6, 6.07) is 2.96. The minimum atomic E-state index is -0.215. The van der Waals surface area contributed by atoms with Crippen molar-refractivity contribution in [2.24, 2.45) is 0 Å². The summed E-state index contributed by atoms with van der Waals surface area (Å²) in [6.07, 6.45) is 1.85. The van der Waals surface area contributed by atoms with Crippen molar-refractivity contribution in [3.63, 3.8) is 0 Å². The quantitative estimate of drug-likeness (QED) is 0.862. The maximum absolute atomic E-state index is 13.8. The molecule has 88 valence electrons. The SMILES string of the molecule is COc1c(Cl)ccc(F)c1C1CCNCC1. The van der Waals surface area contributed by atoms with Gasteiger partial charge in [-0.2, -0.15) is 0 Å². The topological polar surface area (TPSA) is 21.3 Å². The van der Waals surface area contributed by atoms with Gasteiger partial charge in [0.25, 0.3) is 0 Å². The molecule has 2 rings (SSSR count). The van der Waals surface area contributed by atoms with E-state index in [9.17, 15) is 4.39 Å². The highest BCUT2D eigenvalue weighted by molar-refractivity contribution is 6.32. The van der Waals surface area contributed by atoms with Gasteiger partial charge in [0, 0.05) is 5.56 Å². The van der Waals surface area contributed by atoms with Gasteiger partial charge in [-0.25, -0.2) is 4.39 Å². The summed E-state index contributed by atoms with van der Waals surface area (Å²) >= 11 is 6.01. The summed E-state index contributed by atoms with van der Waals surface area (Å²) in [6.45, 7) is 1.83. The van der Waals surface area contributed by atoms with Crippen LogP contribution in [0.25, 0.3) is 0 Å².